The third-order valence-electron chi connectivity index (χ3n) is 3.29. The number of rotatable bonds is 2. The van der Waals surface area contributed by atoms with Gasteiger partial charge < -0.3 is 11.1 Å². The highest BCUT2D eigenvalue weighted by Crippen LogP contribution is 2.24. The lowest BCUT2D eigenvalue weighted by Crippen LogP contribution is -2.53. The Labute approximate surface area is 106 Å². The van der Waals surface area contributed by atoms with Gasteiger partial charge in [0.1, 0.15) is 5.82 Å². The summed E-state index contributed by atoms with van der Waals surface area (Å²) in [7, 11) is 2.01. The van der Waals surface area contributed by atoms with E-state index in [-0.39, 0.29) is 17.9 Å². The van der Waals surface area contributed by atoms with Crippen LogP contribution in [0.3, 0.4) is 0 Å². The van der Waals surface area contributed by atoms with E-state index in [1.165, 1.54) is 12.1 Å². The molecule has 1 aromatic carbocycles. The Morgan fingerprint density at radius 3 is 3.06 bits per heavy atom. The van der Waals surface area contributed by atoms with E-state index in [1.807, 2.05) is 7.05 Å². The molecule has 17 heavy (non-hydrogen) atoms. The normalized spacial score (nSPS) is 23.6. The van der Waals surface area contributed by atoms with E-state index in [4.69, 9.17) is 17.3 Å². The van der Waals surface area contributed by atoms with Crippen LogP contribution in [0.2, 0.25) is 5.02 Å². The monoisotopic (exact) mass is 257 g/mol. The Morgan fingerprint density at radius 1 is 1.59 bits per heavy atom. The number of likely N-dealkylation sites (N-methyl/N-ethyl adjacent to an activating group) is 1. The van der Waals surface area contributed by atoms with Crippen molar-refractivity contribution >= 4 is 11.6 Å². The Morgan fingerprint density at radius 2 is 2.35 bits per heavy atom. The average molecular weight is 258 g/mol. The molecule has 1 fully saturated rings. The summed E-state index contributed by atoms with van der Waals surface area (Å²) in [4.78, 5) is 2.15. The van der Waals surface area contributed by atoms with Crippen LogP contribution in [0.5, 0.6) is 0 Å². The first-order chi connectivity index (χ1) is 8.09. The summed E-state index contributed by atoms with van der Waals surface area (Å²) in [5.41, 5.74) is 6.63. The number of hydrogen-bond acceptors (Lipinski definition) is 3. The highest BCUT2D eigenvalue weighted by molar-refractivity contribution is 6.30. The van der Waals surface area contributed by atoms with Crippen LogP contribution in [0.15, 0.2) is 18.2 Å². The van der Waals surface area contributed by atoms with Gasteiger partial charge in [0.15, 0.2) is 0 Å². The maximum Gasteiger partial charge on any atom is 0.128 e. The number of nitrogens with zero attached hydrogens (tertiary/aromatic N) is 1. The van der Waals surface area contributed by atoms with Crippen molar-refractivity contribution in [1.29, 1.82) is 0 Å². The van der Waals surface area contributed by atoms with Crippen LogP contribution in [-0.2, 0) is 0 Å². The molecule has 94 valence electrons. The summed E-state index contributed by atoms with van der Waals surface area (Å²) in [5.74, 6) is -0.291. The summed E-state index contributed by atoms with van der Waals surface area (Å²) in [6.45, 7) is 2.63. The van der Waals surface area contributed by atoms with Gasteiger partial charge in [-0.15, -0.1) is 0 Å². The number of nitrogens with one attached hydrogen (secondary N) is 1. The maximum atomic E-state index is 13.7. The predicted octanol–water partition coefficient (Wildman–Crippen LogP) is 1.38. The Bertz CT molecular complexity index is 399. The Hall–Kier alpha value is -0.680. The van der Waals surface area contributed by atoms with Gasteiger partial charge >= 0.3 is 0 Å². The fraction of sp³-hybridized carbons (Fsp3) is 0.500. The van der Waals surface area contributed by atoms with Crippen molar-refractivity contribution in [1.82, 2.24) is 10.2 Å². The molecule has 0 spiro atoms. The molecule has 3 N–H and O–H groups in total. The lowest BCUT2D eigenvalue weighted by molar-refractivity contribution is 0.172. The fourth-order valence-corrected chi connectivity index (χ4v) is 2.39. The molecule has 0 radical (unpaired) electrons. The highest BCUT2D eigenvalue weighted by Gasteiger charge is 2.27. The second-order valence-corrected chi connectivity index (χ2v) is 4.88. The Balaban J connectivity index is 2.23. The fourth-order valence-electron chi connectivity index (χ4n) is 2.21. The number of halogens is 2. The van der Waals surface area contributed by atoms with Crippen LogP contribution in [0.4, 0.5) is 4.39 Å². The first-order valence-electron chi connectivity index (χ1n) is 5.71. The number of nitrogens with two attached hydrogens (primary N) is 1. The SMILES string of the molecule is CN1CCNCC1C(N)c1cc(Cl)ccc1F. The van der Waals surface area contributed by atoms with Crippen LogP contribution in [0, 0.1) is 5.82 Å². The largest absolute Gasteiger partial charge is 0.323 e. The van der Waals surface area contributed by atoms with Gasteiger partial charge in [-0.05, 0) is 25.2 Å². The predicted molar refractivity (Wildman–Crippen MR) is 67.6 cm³/mol. The molecule has 3 nitrogen and oxygen atoms in total. The summed E-state index contributed by atoms with van der Waals surface area (Å²) in [6, 6.07) is 4.25. The van der Waals surface area contributed by atoms with E-state index in [0.29, 0.717) is 10.6 Å². The second-order valence-electron chi connectivity index (χ2n) is 4.44. The van der Waals surface area contributed by atoms with Crippen LogP contribution < -0.4 is 11.1 Å². The van der Waals surface area contributed by atoms with Gasteiger partial charge in [0.2, 0.25) is 0 Å². The number of hydrogen-bond donors (Lipinski definition) is 2. The van der Waals surface area contributed by atoms with Crippen molar-refractivity contribution in [2.24, 2.45) is 5.73 Å². The summed E-state index contributed by atoms with van der Waals surface area (Å²) < 4.78 is 13.7. The first kappa shape index (κ1) is 12.8. The van der Waals surface area contributed by atoms with Gasteiger partial charge in [0.25, 0.3) is 0 Å². The van der Waals surface area contributed by atoms with Crippen molar-refractivity contribution < 1.29 is 4.39 Å². The van der Waals surface area contributed by atoms with Crippen molar-refractivity contribution in [2.75, 3.05) is 26.7 Å². The lowest BCUT2D eigenvalue weighted by Gasteiger charge is -2.37. The minimum atomic E-state index is -0.369. The third-order valence-corrected chi connectivity index (χ3v) is 3.53. The summed E-state index contributed by atoms with van der Waals surface area (Å²) >= 11 is 5.88. The molecule has 0 saturated carbocycles. The van der Waals surface area contributed by atoms with Gasteiger partial charge in [-0.3, -0.25) is 4.90 Å². The van der Waals surface area contributed by atoms with Gasteiger partial charge in [-0.25, -0.2) is 4.39 Å². The Kier molecular flexibility index (Phi) is 3.99. The molecular weight excluding hydrogens is 241 g/mol. The summed E-state index contributed by atoms with van der Waals surface area (Å²) in [6.07, 6.45) is 0. The van der Waals surface area contributed by atoms with Crippen molar-refractivity contribution in [3.8, 4) is 0 Å². The molecule has 1 heterocycles. The third kappa shape index (κ3) is 2.77. The molecule has 0 aliphatic carbocycles. The van der Waals surface area contributed by atoms with E-state index in [9.17, 15) is 4.39 Å². The van der Waals surface area contributed by atoms with Crippen LogP contribution in [0.25, 0.3) is 0 Å². The highest BCUT2D eigenvalue weighted by atomic mass is 35.5. The van der Waals surface area contributed by atoms with E-state index in [0.717, 1.165) is 19.6 Å². The van der Waals surface area contributed by atoms with E-state index in [1.54, 1.807) is 6.07 Å². The van der Waals surface area contributed by atoms with Crippen LogP contribution >= 0.6 is 11.6 Å². The van der Waals surface area contributed by atoms with Crippen molar-refractivity contribution in [3.63, 3.8) is 0 Å². The zero-order valence-corrected chi connectivity index (χ0v) is 10.5. The molecule has 1 aliphatic heterocycles. The number of benzene rings is 1. The van der Waals surface area contributed by atoms with E-state index < -0.39 is 0 Å². The molecule has 0 amide bonds. The molecular formula is C12H17ClFN3. The zero-order valence-electron chi connectivity index (χ0n) is 9.79. The van der Waals surface area contributed by atoms with Crippen molar-refractivity contribution in [2.45, 2.75) is 12.1 Å². The molecule has 2 unspecified atom stereocenters. The molecule has 2 atom stereocenters. The average Bonchev–Trinajstić information content (AvgIpc) is 2.32. The summed E-state index contributed by atoms with van der Waals surface area (Å²) in [5, 5.41) is 3.79. The van der Waals surface area contributed by atoms with Gasteiger partial charge in [0, 0.05) is 42.3 Å². The number of piperazine rings is 1. The zero-order chi connectivity index (χ0) is 12.4. The quantitative estimate of drug-likeness (QED) is 0.841. The minimum absolute atomic E-state index is 0.0942. The molecule has 1 aliphatic rings. The van der Waals surface area contributed by atoms with E-state index >= 15 is 0 Å². The van der Waals surface area contributed by atoms with Crippen LogP contribution in [-0.4, -0.2) is 37.6 Å². The van der Waals surface area contributed by atoms with Crippen LogP contribution in [0.1, 0.15) is 11.6 Å². The molecule has 2 rings (SSSR count). The molecule has 0 aromatic heterocycles. The van der Waals surface area contributed by atoms with Gasteiger partial charge in [-0.2, -0.15) is 0 Å². The molecule has 1 saturated heterocycles. The standard InChI is InChI=1S/C12H17ClFN3/c1-17-5-4-16-7-11(17)12(15)9-6-8(13)2-3-10(9)14/h2-3,6,11-12,16H,4-5,7,15H2,1H3. The van der Waals surface area contributed by atoms with Crippen molar-refractivity contribution in [3.05, 3.63) is 34.6 Å². The second kappa shape index (κ2) is 5.31. The topological polar surface area (TPSA) is 41.3 Å². The van der Waals surface area contributed by atoms with Gasteiger partial charge in [-0.1, -0.05) is 11.6 Å². The van der Waals surface area contributed by atoms with Gasteiger partial charge in [0.05, 0.1) is 0 Å². The minimum Gasteiger partial charge on any atom is -0.323 e. The lowest BCUT2D eigenvalue weighted by atomic mass is 9.97. The molecule has 1 aromatic rings. The molecule has 0 bridgehead atoms. The van der Waals surface area contributed by atoms with E-state index in [2.05, 4.69) is 10.2 Å². The smallest absolute Gasteiger partial charge is 0.128 e. The maximum absolute atomic E-state index is 13.7. The first-order valence-corrected chi connectivity index (χ1v) is 6.09. The molecule has 5 heteroatoms.